The van der Waals surface area contributed by atoms with E-state index in [0.717, 1.165) is 24.3 Å². The van der Waals surface area contributed by atoms with Crippen LogP contribution in [0, 0.1) is 45.3 Å². The molecule has 0 saturated heterocycles. The summed E-state index contributed by atoms with van der Waals surface area (Å²) >= 11 is 0. The minimum Gasteiger partial charge on any atom is -0.192 e. The Morgan fingerprint density at radius 2 is 0.630 bits per heavy atom. The molecule has 0 atom stereocenters. The van der Waals surface area contributed by atoms with Gasteiger partial charge in [0.05, 0.1) is 22.3 Å². The fraction of sp³-hybridized carbons (Fsp3) is 0.105. The topological polar surface area (TPSA) is 95.2 Å². The SMILES string of the molecule is N#CC(C#N)=C1C2=C(C(=C(C#N)C#N)c3cc(-c4cc(C(F)(F)F)cc(C(F)(F)F)c4)ccc32)c2ccc(-c3cc(C(F)(F)F)cc(C(F)(F)F)c3)cc21. The zero-order valence-electron chi connectivity index (χ0n) is 26.3. The van der Waals surface area contributed by atoms with Crippen LogP contribution < -0.4 is 0 Å². The summed E-state index contributed by atoms with van der Waals surface area (Å²) in [4.78, 5) is 0. The van der Waals surface area contributed by atoms with Crippen molar-refractivity contribution >= 4 is 22.3 Å². The number of benzene rings is 4. The molecule has 4 aromatic rings. The van der Waals surface area contributed by atoms with Crippen LogP contribution >= 0.6 is 0 Å². The van der Waals surface area contributed by atoms with Crippen molar-refractivity contribution in [2.75, 3.05) is 0 Å². The summed E-state index contributed by atoms with van der Waals surface area (Å²) in [7, 11) is 0. The minimum atomic E-state index is -5.19. The molecule has 0 fully saturated rings. The molecule has 6 rings (SSSR count). The predicted octanol–water partition coefficient (Wildman–Crippen LogP) is 11.6. The van der Waals surface area contributed by atoms with Gasteiger partial charge in [-0.1, -0.05) is 24.3 Å². The lowest BCUT2D eigenvalue weighted by molar-refractivity contribution is -0.144. The van der Waals surface area contributed by atoms with Gasteiger partial charge in [0.15, 0.2) is 0 Å². The Labute approximate surface area is 295 Å². The number of allylic oxidation sites excluding steroid dienone is 6. The van der Waals surface area contributed by atoms with Gasteiger partial charge in [-0.3, -0.25) is 0 Å². The van der Waals surface area contributed by atoms with Gasteiger partial charge in [0.2, 0.25) is 0 Å². The Morgan fingerprint density at radius 1 is 0.352 bits per heavy atom. The summed E-state index contributed by atoms with van der Waals surface area (Å²) in [6.07, 6.45) is -20.8. The van der Waals surface area contributed by atoms with Gasteiger partial charge in [0.25, 0.3) is 0 Å². The van der Waals surface area contributed by atoms with Crippen molar-refractivity contribution in [3.05, 3.63) is 128 Å². The third kappa shape index (κ3) is 6.22. The number of fused-ring (bicyclic) bond motifs is 4. The van der Waals surface area contributed by atoms with Gasteiger partial charge < -0.3 is 0 Å². The van der Waals surface area contributed by atoms with Gasteiger partial charge in [-0.15, -0.1) is 0 Å². The first kappa shape index (κ1) is 37.0. The quantitative estimate of drug-likeness (QED) is 0.150. The average molecular weight is 753 g/mol. The number of rotatable bonds is 2. The molecule has 0 bridgehead atoms. The van der Waals surface area contributed by atoms with Crippen LogP contribution in [0.3, 0.4) is 0 Å². The van der Waals surface area contributed by atoms with Crippen molar-refractivity contribution in [1.29, 1.82) is 21.0 Å². The van der Waals surface area contributed by atoms with Crippen molar-refractivity contribution in [3.63, 3.8) is 0 Å². The fourth-order valence-electron chi connectivity index (χ4n) is 6.39. The van der Waals surface area contributed by atoms with Gasteiger partial charge >= 0.3 is 24.7 Å². The Bertz CT molecular complexity index is 2310. The lowest BCUT2D eigenvalue weighted by Crippen LogP contribution is -2.11. The Kier molecular flexibility index (Phi) is 8.51. The summed E-state index contributed by atoms with van der Waals surface area (Å²) in [5, 5.41) is 39.8. The third-order valence-corrected chi connectivity index (χ3v) is 8.66. The largest absolute Gasteiger partial charge is 0.416 e. The van der Waals surface area contributed by atoms with Gasteiger partial charge in [-0.05, 0) is 93.0 Å². The van der Waals surface area contributed by atoms with Crippen LogP contribution in [0.15, 0.2) is 83.9 Å². The Balaban J connectivity index is 1.62. The molecule has 4 nitrogen and oxygen atoms in total. The first-order valence-corrected chi connectivity index (χ1v) is 14.9. The van der Waals surface area contributed by atoms with Crippen LogP contribution in [0.5, 0.6) is 0 Å². The van der Waals surface area contributed by atoms with Gasteiger partial charge in [0, 0.05) is 22.3 Å². The van der Waals surface area contributed by atoms with E-state index in [4.69, 9.17) is 0 Å². The molecule has 0 amide bonds. The average Bonchev–Trinajstić information content (AvgIpc) is 3.59. The molecule has 268 valence electrons. The van der Waals surface area contributed by atoms with E-state index in [0.29, 0.717) is 24.3 Å². The van der Waals surface area contributed by atoms with Crippen molar-refractivity contribution in [1.82, 2.24) is 0 Å². The van der Waals surface area contributed by atoms with Gasteiger partial charge in [-0.2, -0.15) is 73.7 Å². The number of hydrogen-bond acceptors (Lipinski definition) is 4. The van der Waals surface area contributed by atoms with Gasteiger partial charge in [0.1, 0.15) is 35.4 Å². The Hall–Kier alpha value is -6.78. The maximum Gasteiger partial charge on any atom is 0.416 e. The first-order chi connectivity index (χ1) is 25.1. The Morgan fingerprint density at radius 3 is 0.870 bits per heavy atom. The molecule has 0 spiro atoms. The fourth-order valence-corrected chi connectivity index (χ4v) is 6.39. The minimum absolute atomic E-state index is 0.000143. The van der Waals surface area contributed by atoms with Crippen LogP contribution in [0.1, 0.15) is 44.5 Å². The van der Waals surface area contributed by atoms with E-state index in [1.807, 2.05) is 0 Å². The lowest BCUT2D eigenvalue weighted by atomic mass is 9.86. The molecule has 54 heavy (non-hydrogen) atoms. The second kappa shape index (κ2) is 12.4. The van der Waals surface area contributed by atoms with E-state index >= 15 is 0 Å². The first-order valence-electron chi connectivity index (χ1n) is 14.9. The van der Waals surface area contributed by atoms with E-state index in [1.54, 1.807) is 24.3 Å². The highest BCUT2D eigenvalue weighted by atomic mass is 19.4. The van der Waals surface area contributed by atoms with Crippen LogP contribution in [-0.2, 0) is 24.7 Å². The standard InChI is InChI=1S/C38H12F12N4/c39-35(40,41)23-5-19(6-24(11-23)36(42,43)44)17-1-3-27-29(9-17)31(21(13-51)14-52)34-28-4-2-18(10-30(28)32(33(27)34)22(15-53)16-54)20-7-25(37(45,46)47)12-26(8-20)38(48,49)50/h1-12H. The highest BCUT2D eigenvalue weighted by Crippen LogP contribution is 2.60. The van der Waals surface area contributed by atoms with Crippen molar-refractivity contribution in [2.24, 2.45) is 0 Å². The van der Waals surface area contributed by atoms with E-state index in [9.17, 15) is 73.7 Å². The lowest BCUT2D eigenvalue weighted by Gasteiger charge is -2.17. The highest BCUT2D eigenvalue weighted by Gasteiger charge is 2.42. The molecule has 0 radical (unpaired) electrons. The number of alkyl halides is 12. The zero-order valence-corrected chi connectivity index (χ0v) is 26.3. The maximum absolute atomic E-state index is 13.7. The van der Waals surface area contributed by atoms with Crippen LogP contribution in [0.25, 0.3) is 44.5 Å². The smallest absolute Gasteiger partial charge is 0.192 e. The van der Waals surface area contributed by atoms with Crippen LogP contribution in [0.4, 0.5) is 52.7 Å². The van der Waals surface area contributed by atoms with Gasteiger partial charge in [-0.25, -0.2) is 0 Å². The zero-order chi connectivity index (χ0) is 39.7. The maximum atomic E-state index is 13.7. The number of hydrogen-bond donors (Lipinski definition) is 0. The second-order valence-corrected chi connectivity index (χ2v) is 11.8. The van der Waals surface area contributed by atoms with E-state index < -0.39 is 69.2 Å². The summed E-state index contributed by atoms with van der Waals surface area (Å²) in [6, 6.07) is 15.4. The normalized spacial score (nSPS) is 13.7. The molecule has 16 heteroatoms. The third-order valence-electron chi connectivity index (χ3n) is 8.66. The molecular formula is C38H12F12N4. The van der Waals surface area contributed by atoms with E-state index in [1.165, 1.54) is 12.1 Å². The monoisotopic (exact) mass is 752 g/mol. The molecule has 0 aromatic heterocycles. The second-order valence-electron chi connectivity index (χ2n) is 11.8. The van der Waals surface area contributed by atoms with E-state index in [-0.39, 0.29) is 67.8 Å². The summed E-state index contributed by atoms with van der Waals surface area (Å²) in [6.45, 7) is 0. The highest BCUT2D eigenvalue weighted by molar-refractivity contribution is 6.38. The van der Waals surface area contributed by atoms with Crippen molar-refractivity contribution in [3.8, 4) is 46.5 Å². The molecule has 0 aliphatic heterocycles. The molecule has 0 N–H and O–H groups in total. The predicted molar refractivity (Wildman–Crippen MR) is 167 cm³/mol. The van der Waals surface area contributed by atoms with Crippen molar-refractivity contribution in [2.45, 2.75) is 24.7 Å². The molecule has 4 aromatic carbocycles. The molecule has 2 aliphatic rings. The van der Waals surface area contributed by atoms with Crippen molar-refractivity contribution < 1.29 is 52.7 Å². The summed E-state index contributed by atoms with van der Waals surface area (Å²) < 4.78 is 164. The summed E-state index contributed by atoms with van der Waals surface area (Å²) in [5.41, 5.74) is -9.63. The molecular weight excluding hydrogens is 740 g/mol. The van der Waals surface area contributed by atoms with Crippen LogP contribution in [-0.4, -0.2) is 0 Å². The number of nitrogens with zero attached hydrogens (tertiary/aromatic N) is 4. The summed E-state index contributed by atoms with van der Waals surface area (Å²) in [5.74, 6) is 0. The number of halogens is 12. The molecule has 0 heterocycles. The molecule has 0 saturated carbocycles. The number of nitriles is 4. The van der Waals surface area contributed by atoms with Crippen LogP contribution in [0.2, 0.25) is 0 Å². The molecule has 0 unspecified atom stereocenters. The molecule has 2 aliphatic carbocycles. The van der Waals surface area contributed by atoms with E-state index in [2.05, 4.69) is 0 Å².